The summed E-state index contributed by atoms with van der Waals surface area (Å²) in [6, 6.07) is 10.4. The van der Waals surface area contributed by atoms with Gasteiger partial charge in [-0.1, -0.05) is 18.2 Å². The number of likely N-dealkylation sites (tertiary alicyclic amines) is 1. The van der Waals surface area contributed by atoms with Crippen molar-refractivity contribution in [2.75, 3.05) is 13.1 Å². The highest BCUT2D eigenvalue weighted by Crippen LogP contribution is 2.24. The second kappa shape index (κ2) is 7.60. The van der Waals surface area contributed by atoms with E-state index < -0.39 is 0 Å². The Balaban J connectivity index is 1.41. The van der Waals surface area contributed by atoms with Gasteiger partial charge in [-0.3, -0.25) is 9.78 Å². The van der Waals surface area contributed by atoms with Crippen LogP contribution in [0.2, 0.25) is 0 Å². The first-order valence-electron chi connectivity index (χ1n) is 9.18. The van der Waals surface area contributed by atoms with Crippen LogP contribution in [0, 0.1) is 5.92 Å². The van der Waals surface area contributed by atoms with E-state index >= 15 is 0 Å². The number of hydrogen-bond acceptors (Lipinski definition) is 4. The van der Waals surface area contributed by atoms with Crippen molar-refractivity contribution in [2.24, 2.45) is 5.92 Å². The second-order valence-corrected chi connectivity index (χ2v) is 6.92. The van der Waals surface area contributed by atoms with Gasteiger partial charge in [0.15, 0.2) is 0 Å². The molecule has 5 nitrogen and oxygen atoms in total. The van der Waals surface area contributed by atoms with Crippen molar-refractivity contribution in [2.45, 2.75) is 25.7 Å². The fourth-order valence-electron chi connectivity index (χ4n) is 3.72. The Hall–Kier alpha value is -2.82. The molecule has 1 aromatic carbocycles. The molecule has 0 unspecified atom stereocenters. The van der Waals surface area contributed by atoms with Crippen LogP contribution in [-0.2, 0) is 6.42 Å². The largest absolute Gasteiger partial charge is 0.336 e. The summed E-state index contributed by atoms with van der Waals surface area (Å²) in [6.45, 7) is 1.57. The van der Waals surface area contributed by atoms with Crippen molar-refractivity contribution >= 4 is 16.7 Å². The maximum absolute atomic E-state index is 12.6. The van der Waals surface area contributed by atoms with Gasteiger partial charge in [0.05, 0.1) is 0 Å². The minimum Gasteiger partial charge on any atom is -0.336 e. The fraction of sp³-hybridized carbons (Fsp3) is 0.333. The smallest absolute Gasteiger partial charge is 0.291 e. The van der Waals surface area contributed by atoms with Crippen LogP contribution >= 0.6 is 0 Å². The van der Waals surface area contributed by atoms with Crippen LogP contribution in [0.3, 0.4) is 0 Å². The molecule has 3 heterocycles. The Morgan fingerprint density at radius 2 is 1.92 bits per heavy atom. The van der Waals surface area contributed by atoms with E-state index in [0.29, 0.717) is 11.7 Å². The van der Waals surface area contributed by atoms with Crippen molar-refractivity contribution in [3.05, 3.63) is 66.5 Å². The number of fused-ring (bicyclic) bond motifs is 1. The Labute approximate surface area is 153 Å². The van der Waals surface area contributed by atoms with Crippen LogP contribution in [0.1, 0.15) is 35.4 Å². The standard InChI is InChI=1S/C21H22N4O/c26-21(20-23-8-2-9-24-20)25-11-1-3-16(7-12-25)13-17-4-5-19-15-22-10-6-18(19)14-17/h2,4-6,8-10,14-16H,1,3,7,11-13H2/t16-/m1/s1. The highest BCUT2D eigenvalue weighted by Gasteiger charge is 2.23. The lowest BCUT2D eigenvalue weighted by molar-refractivity contribution is 0.0747. The summed E-state index contributed by atoms with van der Waals surface area (Å²) in [5, 5.41) is 2.42. The maximum Gasteiger partial charge on any atom is 0.291 e. The molecule has 0 radical (unpaired) electrons. The molecule has 1 fully saturated rings. The monoisotopic (exact) mass is 346 g/mol. The van der Waals surface area contributed by atoms with Gasteiger partial charge in [0, 0.05) is 43.3 Å². The highest BCUT2D eigenvalue weighted by atomic mass is 16.2. The van der Waals surface area contributed by atoms with Crippen molar-refractivity contribution in [1.29, 1.82) is 0 Å². The number of benzene rings is 1. The molecule has 26 heavy (non-hydrogen) atoms. The van der Waals surface area contributed by atoms with Gasteiger partial charge < -0.3 is 4.90 Å². The molecule has 2 aromatic heterocycles. The van der Waals surface area contributed by atoms with Crippen molar-refractivity contribution in [3.8, 4) is 0 Å². The molecule has 0 saturated carbocycles. The van der Waals surface area contributed by atoms with Crippen LogP contribution in [0.5, 0.6) is 0 Å². The molecule has 0 spiro atoms. The number of pyridine rings is 1. The van der Waals surface area contributed by atoms with Crippen LogP contribution in [0.15, 0.2) is 55.1 Å². The molecule has 0 aliphatic carbocycles. The van der Waals surface area contributed by atoms with Crippen LogP contribution in [0.4, 0.5) is 0 Å². The van der Waals surface area contributed by atoms with Gasteiger partial charge in [-0.2, -0.15) is 0 Å². The minimum absolute atomic E-state index is 0.0514. The Morgan fingerprint density at radius 3 is 2.81 bits per heavy atom. The predicted octanol–water partition coefficient (Wildman–Crippen LogP) is 3.51. The summed E-state index contributed by atoms with van der Waals surface area (Å²) in [7, 11) is 0. The van der Waals surface area contributed by atoms with Gasteiger partial charge in [-0.15, -0.1) is 0 Å². The number of carbonyl (C=O) groups is 1. The van der Waals surface area contributed by atoms with Gasteiger partial charge >= 0.3 is 0 Å². The molecule has 5 heteroatoms. The van der Waals surface area contributed by atoms with E-state index in [4.69, 9.17) is 0 Å². The molecule has 132 valence electrons. The van der Waals surface area contributed by atoms with Crippen LogP contribution in [0.25, 0.3) is 10.8 Å². The summed E-state index contributed by atoms with van der Waals surface area (Å²) in [6.07, 6.45) is 11.2. The molecule has 0 N–H and O–H groups in total. The maximum atomic E-state index is 12.6. The molecule has 0 bridgehead atoms. The van der Waals surface area contributed by atoms with E-state index in [1.807, 2.05) is 17.3 Å². The summed E-state index contributed by atoms with van der Waals surface area (Å²) >= 11 is 0. The summed E-state index contributed by atoms with van der Waals surface area (Å²) in [4.78, 5) is 26.8. The second-order valence-electron chi connectivity index (χ2n) is 6.92. The molecular formula is C21H22N4O. The summed E-state index contributed by atoms with van der Waals surface area (Å²) < 4.78 is 0. The number of hydrogen-bond donors (Lipinski definition) is 0. The van der Waals surface area contributed by atoms with Gasteiger partial charge in [0.2, 0.25) is 5.82 Å². The predicted molar refractivity (Wildman–Crippen MR) is 101 cm³/mol. The third-order valence-corrected chi connectivity index (χ3v) is 5.12. The topological polar surface area (TPSA) is 59.0 Å². The van der Waals surface area contributed by atoms with Gasteiger partial charge in [-0.05, 0) is 54.7 Å². The molecule has 1 aliphatic heterocycles. The van der Waals surface area contributed by atoms with Crippen molar-refractivity contribution < 1.29 is 4.79 Å². The summed E-state index contributed by atoms with van der Waals surface area (Å²) in [5.41, 5.74) is 1.36. The molecule has 1 aliphatic rings. The number of aromatic nitrogens is 3. The first-order valence-corrected chi connectivity index (χ1v) is 9.18. The number of rotatable bonds is 3. The van der Waals surface area contributed by atoms with E-state index in [-0.39, 0.29) is 5.91 Å². The molecule has 1 amide bonds. The van der Waals surface area contributed by atoms with Gasteiger partial charge in [-0.25, -0.2) is 9.97 Å². The molecule has 1 saturated heterocycles. The van der Waals surface area contributed by atoms with E-state index in [9.17, 15) is 4.79 Å². The van der Waals surface area contributed by atoms with E-state index in [1.54, 1.807) is 18.5 Å². The minimum atomic E-state index is -0.0514. The molecule has 3 aromatic rings. The van der Waals surface area contributed by atoms with Gasteiger partial charge in [0.25, 0.3) is 5.91 Å². The van der Waals surface area contributed by atoms with Crippen LogP contribution < -0.4 is 0 Å². The highest BCUT2D eigenvalue weighted by molar-refractivity contribution is 5.90. The zero-order valence-electron chi connectivity index (χ0n) is 14.7. The third kappa shape index (κ3) is 3.72. The SMILES string of the molecule is O=C(c1ncccn1)N1CCC[C@@H](Cc2ccc3cnccc3c2)CC1. The molecule has 4 rings (SSSR count). The Kier molecular flexibility index (Phi) is 4.86. The average molecular weight is 346 g/mol. The Morgan fingerprint density at radius 1 is 1.04 bits per heavy atom. The lowest BCUT2D eigenvalue weighted by Crippen LogP contribution is -2.33. The van der Waals surface area contributed by atoms with Crippen molar-refractivity contribution in [3.63, 3.8) is 0 Å². The van der Waals surface area contributed by atoms with Crippen molar-refractivity contribution in [1.82, 2.24) is 19.9 Å². The first-order chi connectivity index (χ1) is 12.8. The quantitative estimate of drug-likeness (QED) is 0.728. The molecular weight excluding hydrogens is 324 g/mol. The number of nitrogens with zero attached hydrogens (tertiary/aromatic N) is 4. The Bertz CT molecular complexity index is 897. The third-order valence-electron chi connectivity index (χ3n) is 5.12. The zero-order chi connectivity index (χ0) is 17.8. The number of carbonyl (C=O) groups excluding carboxylic acids is 1. The molecule has 1 atom stereocenters. The van der Waals surface area contributed by atoms with E-state index in [1.165, 1.54) is 16.3 Å². The lowest BCUT2D eigenvalue weighted by atomic mass is 9.92. The fourth-order valence-corrected chi connectivity index (χ4v) is 3.72. The lowest BCUT2D eigenvalue weighted by Gasteiger charge is -2.19. The number of amides is 1. The van der Waals surface area contributed by atoms with Gasteiger partial charge in [0.1, 0.15) is 0 Å². The zero-order valence-corrected chi connectivity index (χ0v) is 14.7. The van der Waals surface area contributed by atoms with E-state index in [0.717, 1.165) is 38.8 Å². The van der Waals surface area contributed by atoms with E-state index in [2.05, 4.69) is 39.2 Å². The normalized spacial score (nSPS) is 17.8. The average Bonchev–Trinajstić information content (AvgIpc) is 2.93. The first kappa shape index (κ1) is 16.6. The summed E-state index contributed by atoms with van der Waals surface area (Å²) in [5.74, 6) is 0.849. The van der Waals surface area contributed by atoms with Crippen LogP contribution in [-0.4, -0.2) is 38.8 Å².